The Morgan fingerprint density at radius 3 is 2.00 bits per heavy atom. The Morgan fingerprint density at radius 1 is 0.727 bits per heavy atom. The molecule has 0 fully saturated rings. The molecule has 0 aliphatic rings. The lowest BCUT2D eigenvalue weighted by Gasteiger charge is -2.07. The van der Waals surface area contributed by atoms with Crippen molar-refractivity contribution >= 4 is 21.9 Å². The van der Waals surface area contributed by atoms with Crippen LogP contribution < -0.4 is 4.74 Å². The largest absolute Gasteiger partial charge is 0.497 e. The highest BCUT2D eigenvalue weighted by atomic mass is 16.5. The smallest absolute Gasteiger partial charge is 0.361 e. The zero-order valence-corrected chi connectivity index (χ0v) is 12.2. The maximum Gasteiger partial charge on any atom is 0.361 e. The Balaban J connectivity index is 2.16. The van der Waals surface area contributed by atoms with Crippen molar-refractivity contribution < 1.29 is 9.15 Å². The minimum absolute atomic E-state index is 0.853. The van der Waals surface area contributed by atoms with E-state index in [1.807, 2.05) is 48.5 Å². The van der Waals surface area contributed by atoms with Crippen molar-refractivity contribution in [2.45, 2.75) is 0 Å². The van der Waals surface area contributed by atoms with Gasteiger partial charge in [-0.25, -0.2) is 4.42 Å². The van der Waals surface area contributed by atoms with Crippen LogP contribution in [0.1, 0.15) is 0 Å². The minimum Gasteiger partial charge on any atom is -0.497 e. The van der Waals surface area contributed by atoms with Gasteiger partial charge in [-0.2, -0.15) is 0 Å². The number of rotatable bonds is 2. The third kappa shape index (κ3) is 2.01. The van der Waals surface area contributed by atoms with Gasteiger partial charge >= 0.3 is 11.2 Å². The molecule has 4 aromatic rings. The Morgan fingerprint density at radius 2 is 1.36 bits per heavy atom. The van der Waals surface area contributed by atoms with Crippen LogP contribution in [0.2, 0.25) is 0 Å². The summed E-state index contributed by atoms with van der Waals surface area (Å²) in [4.78, 5) is 0. The van der Waals surface area contributed by atoms with Crippen molar-refractivity contribution in [2.75, 3.05) is 7.11 Å². The first-order valence-corrected chi connectivity index (χ1v) is 7.25. The van der Waals surface area contributed by atoms with Crippen LogP contribution in [0.15, 0.2) is 77.2 Å². The predicted octanol–water partition coefficient (Wildman–Crippen LogP) is 5.54. The van der Waals surface area contributed by atoms with Gasteiger partial charge in [0.15, 0.2) is 0 Å². The van der Waals surface area contributed by atoms with E-state index in [4.69, 9.17) is 9.15 Å². The number of fused-ring (bicyclic) bond motifs is 2. The monoisotopic (exact) mass is 287 g/mol. The van der Waals surface area contributed by atoms with E-state index in [1.54, 1.807) is 7.11 Å². The van der Waals surface area contributed by atoms with E-state index in [0.717, 1.165) is 33.3 Å². The molecule has 0 N–H and O–H groups in total. The Labute approximate surface area is 128 Å². The van der Waals surface area contributed by atoms with Crippen molar-refractivity contribution in [2.24, 2.45) is 0 Å². The molecule has 0 radical (unpaired) electrons. The molecule has 0 unspecified atom stereocenters. The molecule has 0 saturated carbocycles. The molecule has 0 bridgehead atoms. The molecule has 0 aliphatic carbocycles. The number of para-hydroxylation sites is 2. The standard InChI is InChI=1S/C20H15O2/c1-21-15-8-6-7-14(13-15)20-16-9-2-4-11-18(16)22-19-12-5-3-10-17(19)20/h2-13H,1H3/q+1. The summed E-state index contributed by atoms with van der Waals surface area (Å²) in [5.74, 6) is 0.853. The lowest BCUT2D eigenvalue weighted by Crippen LogP contribution is -1.87. The van der Waals surface area contributed by atoms with Crippen LogP contribution >= 0.6 is 0 Å². The molecule has 0 saturated heterocycles. The highest BCUT2D eigenvalue weighted by Gasteiger charge is 2.19. The summed E-state index contributed by atoms with van der Waals surface area (Å²) in [5, 5.41) is 2.21. The van der Waals surface area contributed by atoms with Crippen LogP contribution in [-0.4, -0.2) is 7.11 Å². The fourth-order valence-electron chi connectivity index (χ4n) is 2.88. The van der Waals surface area contributed by atoms with Crippen LogP contribution in [0.3, 0.4) is 0 Å². The maximum atomic E-state index is 6.03. The first-order chi connectivity index (χ1) is 10.9. The van der Waals surface area contributed by atoms with Crippen LogP contribution in [0.5, 0.6) is 5.75 Å². The van der Waals surface area contributed by atoms with Crippen molar-refractivity contribution in [1.29, 1.82) is 0 Å². The quantitative estimate of drug-likeness (QED) is 0.356. The molecule has 1 heterocycles. The number of hydrogen-bond acceptors (Lipinski definition) is 1. The molecule has 1 aromatic heterocycles. The van der Waals surface area contributed by atoms with E-state index in [0.29, 0.717) is 0 Å². The van der Waals surface area contributed by atoms with Gasteiger partial charge in [0.05, 0.1) is 17.9 Å². The van der Waals surface area contributed by atoms with Crippen LogP contribution in [0, 0.1) is 0 Å². The maximum absolute atomic E-state index is 6.03. The van der Waals surface area contributed by atoms with E-state index in [9.17, 15) is 0 Å². The van der Waals surface area contributed by atoms with Crippen LogP contribution in [0.4, 0.5) is 0 Å². The fourth-order valence-corrected chi connectivity index (χ4v) is 2.88. The lowest BCUT2D eigenvalue weighted by atomic mass is 9.97. The summed E-state index contributed by atoms with van der Waals surface area (Å²) >= 11 is 0. The fraction of sp³-hybridized carbons (Fsp3) is 0.0500. The Kier molecular flexibility index (Phi) is 3.01. The van der Waals surface area contributed by atoms with E-state index in [1.165, 1.54) is 5.56 Å². The predicted molar refractivity (Wildman–Crippen MR) is 90.1 cm³/mol. The van der Waals surface area contributed by atoms with E-state index >= 15 is 0 Å². The van der Waals surface area contributed by atoms with E-state index in [-0.39, 0.29) is 0 Å². The first kappa shape index (κ1) is 12.8. The highest BCUT2D eigenvalue weighted by molar-refractivity contribution is 6.07. The average molecular weight is 287 g/mol. The molecule has 2 nitrogen and oxygen atoms in total. The summed E-state index contributed by atoms with van der Waals surface area (Å²) in [6.45, 7) is 0. The van der Waals surface area contributed by atoms with Crippen molar-refractivity contribution in [3.8, 4) is 16.9 Å². The molecule has 0 aliphatic heterocycles. The summed E-state index contributed by atoms with van der Waals surface area (Å²) in [6, 6.07) is 24.4. The summed E-state index contributed by atoms with van der Waals surface area (Å²) in [5.41, 5.74) is 4.08. The second-order valence-electron chi connectivity index (χ2n) is 5.20. The summed E-state index contributed by atoms with van der Waals surface area (Å²) in [6.07, 6.45) is 0. The van der Waals surface area contributed by atoms with Gasteiger partial charge in [0.2, 0.25) is 0 Å². The van der Waals surface area contributed by atoms with Gasteiger partial charge in [-0.3, -0.25) is 0 Å². The molecule has 3 aromatic carbocycles. The SMILES string of the molecule is COc1cccc(-c2c3ccccc3[o+]c3ccccc23)c1. The van der Waals surface area contributed by atoms with Crippen LogP contribution in [-0.2, 0) is 0 Å². The van der Waals surface area contributed by atoms with Crippen molar-refractivity contribution in [3.63, 3.8) is 0 Å². The second-order valence-corrected chi connectivity index (χ2v) is 5.20. The molecule has 0 atom stereocenters. The zero-order valence-electron chi connectivity index (χ0n) is 12.2. The van der Waals surface area contributed by atoms with Gasteiger partial charge in [0.1, 0.15) is 5.75 Å². The van der Waals surface area contributed by atoms with Gasteiger partial charge < -0.3 is 4.74 Å². The number of hydrogen-bond donors (Lipinski definition) is 0. The number of benzene rings is 3. The zero-order chi connectivity index (χ0) is 14.9. The van der Waals surface area contributed by atoms with Crippen LogP contribution in [0.25, 0.3) is 33.1 Å². The van der Waals surface area contributed by atoms with Gasteiger partial charge in [-0.15, -0.1) is 0 Å². The molecule has 22 heavy (non-hydrogen) atoms. The molecular formula is C20H15O2+. The normalized spacial score (nSPS) is 11.0. The van der Waals surface area contributed by atoms with Gasteiger partial charge in [0.25, 0.3) is 0 Å². The second kappa shape index (κ2) is 5.15. The van der Waals surface area contributed by atoms with E-state index in [2.05, 4.69) is 24.3 Å². The van der Waals surface area contributed by atoms with Gasteiger partial charge in [-0.1, -0.05) is 36.4 Å². The highest BCUT2D eigenvalue weighted by Crippen LogP contribution is 2.37. The Bertz CT molecular complexity index is 919. The number of ether oxygens (including phenoxy) is 1. The topological polar surface area (TPSA) is 20.5 Å². The van der Waals surface area contributed by atoms with Gasteiger partial charge in [-0.05, 0) is 29.8 Å². The lowest BCUT2D eigenvalue weighted by molar-refractivity contribution is 0.415. The molecule has 2 heteroatoms. The molecule has 106 valence electrons. The minimum atomic E-state index is 0.853. The molecule has 4 rings (SSSR count). The first-order valence-electron chi connectivity index (χ1n) is 7.25. The number of methoxy groups -OCH3 is 1. The van der Waals surface area contributed by atoms with Crippen molar-refractivity contribution in [3.05, 3.63) is 72.8 Å². The average Bonchev–Trinajstić information content (AvgIpc) is 2.59. The summed E-state index contributed by atoms with van der Waals surface area (Å²) in [7, 11) is 1.69. The van der Waals surface area contributed by atoms with E-state index < -0.39 is 0 Å². The third-order valence-corrected chi connectivity index (χ3v) is 3.89. The van der Waals surface area contributed by atoms with Gasteiger partial charge in [0, 0.05) is 17.7 Å². The Hall–Kier alpha value is -2.87. The third-order valence-electron chi connectivity index (χ3n) is 3.89. The molecule has 0 amide bonds. The molecule has 0 spiro atoms. The van der Waals surface area contributed by atoms with Crippen molar-refractivity contribution in [1.82, 2.24) is 0 Å². The molecular weight excluding hydrogens is 272 g/mol. The summed E-state index contributed by atoms with van der Waals surface area (Å²) < 4.78 is 11.4.